The van der Waals surface area contributed by atoms with E-state index in [9.17, 15) is 4.39 Å². The molecule has 0 spiro atoms. The molecule has 1 aliphatic rings. The van der Waals surface area contributed by atoms with Crippen molar-refractivity contribution in [2.24, 2.45) is 0 Å². The van der Waals surface area contributed by atoms with Crippen molar-refractivity contribution >= 4 is 11.8 Å². The van der Waals surface area contributed by atoms with Gasteiger partial charge in [0.05, 0.1) is 18.8 Å². The van der Waals surface area contributed by atoms with Crippen LogP contribution in [-0.4, -0.2) is 34.3 Å². The summed E-state index contributed by atoms with van der Waals surface area (Å²) >= 11 is 0. The van der Waals surface area contributed by atoms with Crippen LogP contribution in [0.25, 0.3) is 0 Å². The van der Waals surface area contributed by atoms with E-state index < -0.39 is 5.82 Å². The molecule has 1 aliphatic heterocycles. The number of halogens is 1. The molecule has 0 radical (unpaired) electrons. The Morgan fingerprint density at radius 2 is 2.47 bits per heavy atom. The maximum atomic E-state index is 13.4. The monoisotopic (exact) mass is 212 g/mol. The molecule has 1 unspecified atom stereocenters. The second-order valence-corrected chi connectivity index (χ2v) is 3.57. The lowest BCUT2D eigenvalue weighted by molar-refractivity contribution is 0.265. The molecule has 6 heteroatoms. The molecule has 1 saturated heterocycles. The highest BCUT2D eigenvalue weighted by molar-refractivity contribution is 5.44. The Labute approximate surface area is 86.7 Å². The van der Waals surface area contributed by atoms with Gasteiger partial charge in [-0.15, -0.1) is 0 Å². The summed E-state index contributed by atoms with van der Waals surface area (Å²) in [5.41, 5.74) is 5.40. The third-order valence-electron chi connectivity index (χ3n) is 2.60. The van der Waals surface area contributed by atoms with E-state index >= 15 is 0 Å². The zero-order valence-corrected chi connectivity index (χ0v) is 8.23. The third kappa shape index (κ3) is 1.85. The Kier molecular flexibility index (Phi) is 2.68. The first-order valence-electron chi connectivity index (χ1n) is 4.88. The summed E-state index contributed by atoms with van der Waals surface area (Å²) < 4.78 is 13.4. The lowest BCUT2D eigenvalue weighted by Gasteiger charge is -2.24. The van der Waals surface area contributed by atoms with Crippen molar-refractivity contribution in [2.75, 3.05) is 23.8 Å². The van der Waals surface area contributed by atoms with Gasteiger partial charge in [-0.3, -0.25) is 0 Å². The fraction of sp³-hybridized carbons (Fsp3) is 0.556. The number of nitrogens with two attached hydrogens (primary N) is 1. The van der Waals surface area contributed by atoms with E-state index in [4.69, 9.17) is 10.8 Å². The second kappa shape index (κ2) is 3.98. The van der Waals surface area contributed by atoms with Gasteiger partial charge in [-0.1, -0.05) is 0 Å². The van der Waals surface area contributed by atoms with Gasteiger partial charge in [0.15, 0.2) is 11.6 Å². The van der Waals surface area contributed by atoms with Crippen LogP contribution >= 0.6 is 0 Å². The van der Waals surface area contributed by atoms with Gasteiger partial charge in [0.1, 0.15) is 0 Å². The first-order valence-corrected chi connectivity index (χ1v) is 4.88. The molecule has 0 aromatic carbocycles. The molecule has 1 aromatic rings. The molecule has 1 aromatic heterocycles. The Bertz CT molecular complexity index is 360. The average Bonchev–Trinajstić information content (AvgIpc) is 2.69. The zero-order chi connectivity index (χ0) is 10.8. The van der Waals surface area contributed by atoms with Gasteiger partial charge >= 0.3 is 0 Å². The number of aliphatic hydroxyl groups is 1. The molecule has 1 fully saturated rings. The van der Waals surface area contributed by atoms with Gasteiger partial charge < -0.3 is 15.7 Å². The third-order valence-corrected chi connectivity index (χ3v) is 2.60. The van der Waals surface area contributed by atoms with Crippen molar-refractivity contribution in [2.45, 2.75) is 18.9 Å². The van der Waals surface area contributed by atoms with Gasteiger partial charge in [-0.25, -0.2) is 9.37 Å². The molecule has 15 heavy (non-hydrogen) atoms. The highest BCUT2D eigenvalue weighted by Gasteiger charge is 2.27. The van der Waals surface area contributed by atoms with Crippen molar-refractivity contribution < 1.29 is 9.50 Å². The van der Waals surface area contributed by atoms with Crippen LogP contribution in [0.5, 0.6) is 0 Å². The number of rotatable bonds is 2. The summed E-state index contributed by atoms with van der Waals surface area (Å²) in [4.78, 5) is 9.17. The number of anilines is 2. The first-order chi connectivity index (χ1) is 7.22. The molecular weight excluding hydrogens is 199 g/mol. The highest BCUT2D eigenvalue weighted by atomic mass is 19.1. The molecule has 82 valence electrons. The molecule has 0 amide bonds. The topological polar surface area (TPSA) is 75.3 Å². The Morgan fingerprint density at radius 1 is 1.67 bits per heavy atom. The van der Waals surface area contributed by atoms with Crippen LogP contribution in [0.1, 0.15) is 12.8 Å². The number of nitrogen functional groups attached to an aromatic ring is 1. The first kappa shape index (κ1) is 10.1. The number of hydrogen-bond donors (Lipinski definition) is 2. The summed E-state index contributed by atoms with van der Waals surface area (Å²) in [6.45, 7) is 0.696. The van der Waals surface area contributed by atoms with E-state index in [1.807, 2.05) is 0 Å². The lowest BCUT2D eigenvalue weighted by Crippen LogP contribution is -2.33. The smallest absolute Gasteiger partial charge is 0.222 e. The van der Waals surface area contributed by atoms with E-state index in [1.165, 1.54) is 0 Å². The van der Waals surface area contributed by atoms with Gasteiger partial charge in [0.25, 0.3) is 0 Å². The van der Waals surface area contributed by atoms with Crippen LogP contribution in [0.4, 0.5) is 16.2 Å². The highest BCUT2D eigenvalue weighted by Crippen LogP contribution is 2.25. The maximum absolute atomic E-state index is 13.4. The van der Waals surface area contributed by atoms with Crippen LogP contribution in [0.2, 0.25) is 0 Å². The minimum atomic E-state index is -0.496. The Balaban J connectivity index is 2.31. The molecule has 0 aliphatic carbocycles. The van der Waals surface area contributed by atoms with Crippen molar-refractivity contribution in [1.82, 2.24) is 9.97 Å². The number of aromatic nitrogens is 2. The summed E-state index contributed by atoms with van der Waals surface area (Å²) in [7, 11) is 0. The summed E-state index contributed by atoms with van der Waals surface area (Å²) in [5.74, 6) is -0.251. The fourth-order valence-corrected chi connectivity index (χ4v) is 1.88. The van der Waals surface area contributed by atoms with Crippen LogP contribution < -0.4 is 10.6 Å². The maximum Gasteiger partial charge on any atom is 0.222 e. The van der Waals surface area contributed by atoms with Crippen molar-refractivity contribution in [3.05, 3.63) is 12.0 Å². The quantitative estimate of drug-likeness (QED) is 0.730. The molecule has 0 bridgehead atoms. The largest absolute Gasteiger partial charge is 0.394 e. The molecular formula is C9H13FN4O. The van der Waals surface area contributed by atoms with E-state index in [2.05, 4.69) is 9.97 Å². The van der Waals surface area contributed by atoms with Gasteiger partial charge in [-0.05, 0) is 12.8 Å². The minimum Gasteiger partial charge on any atom is -0.394 e. The van der Waals surface area contributed by atoms with Crippen LogP contribution in [0.3, 0.4) is 0 Å². The van der Waals surface area contributed by atoms with Gasteiger partial charge in [0, 0.05) is 6.54 Å². The number of nitrogens with zero attached hydrogens (tertiary/aromatic N) is 3. The summed E-state index contributed by atoms with van der Waals surface area (Å²) in [6.07, 6.45) is 2.83. The Hall–Kier alpha value is -1.43. The molecule has 2 heterocycles. The normalized spacial score (nSPS) is 20.9. The summed E-state index contributed by atoms with van der Waals surface area (Å²) in [6, 6.07) is -0.0613. The zero-order valence-electron chi connectivity index (χ0n) is 8.23. The van der Waals surface area contributed by atoms with Crippen LogP contribution in [0, 0.1) is 5.82 Å². The minimum absolute atomic E-state index is 0.00332. The van der Waals surface area contributed by atoms with Gasteiger partial charge in [-0.2, -0.15) is 4.98 Å². The van der Waals surface area contributed by atoms with E-state index in [0.717, 1.165) is 19.0 Å². The standard InChI is InChI=1S/C9H13FN4O/c10-7-4-12-9(11)13-8(7)14-3-1-2-6(14)5-15/h4,6,15H,1-3,5H2,(H2,11,12,13). The van der Waals surface area contributed by atoms with Crippen LogP contribution in [-0.2, 0) is 0 Å². The van der Waals surface area contributed by atoms with E-state index in [0.29, 0.717) is 6.54 Å². The Morgan fingerprint density at radius 3 is 3.20 bits per heavy atom. The SMILES string of the molecule is Nc1ncc(F)c(N2CCCC2CO)n1. The molecule has 2 rings (SSSR count). The number of aliphatic hydroxyl groups excluding tert-OH is 1. The number of hydrogen-bond acceptors (Lipinski definition) is 5. The second-order valence-electron chi connectivity index (χ2n) is 3.57. The van der Waals surface area contributed by atoms with Crippen molar-refractivity contribution in [3.8, 4) is 0 Å². The average molecular weight is 212 g/mol. The molecule has 1 atom stereocenters. The molecule has 0 saturated carbocycles. The predicted molar refractivity (Wildman–Crippen MR) is 53.9 cm³/mol. The predicted octanol–water partition coefficient (Wildman–Crippen LogP) is 0.159. The van der Waals surface area contributed by atoms with E-state index in [1.54, 1.807) is 4.90 Å². The van der Waals surface area contributed by atoms with Crippen LogP contribution in [0.15, 0.2) is 6.20 Å². The van der Waals surface area contributed by atoms with Gasteiger partial charge in [0.2, 0.25) is 5.95 Å². The molecule has 5 nitrogen and oxygen atoms in total. The lowest BCUT2D eigenvalue weighted by atomic mass is 10.2. The van der Waals surface area contributed by atoms with Crippen molar-refractivity contribution in [1.29, 1.82) is 0 Å². The van der Waals surface area contributed by atoms with Crippen molar-refractivity contribution in [3.63, 3.8) is 0 Å². The molecule has 3 N–H and O–H groups in total. The van der Waals surface area contributed by atoms with E-state index in [-0.39, 0.29) is 24.4 Å². The fourth-order valence-electron chi connectivity index (χ4n) is 1.88. The summed E-state index contributed by atoms with van der Waals surface area (Å²) in [5, 5.41) is 9.12.